The zero-order valence-electron chi connectivity index (χ0n) is 10.8. The van der Waals surface area contributed by atoms with Crippen LogP contribution in [0.1, 0.15) is 28.4 Å². The van der Waals surface area contributed by atoms with Gasteiger partial charge in [0.25, 0.3) is 0 Å². The Balaban J connectivity index is 3.64. The number of rotatable bonds is 3. The van der Waals surface area contributed by atoms with Crippen LogP contribution in [0.5, 0.6) is 5.75 Å². The lowest BCUT2D eigenvalue weighted by atomic mass is 10.0. The molecule has 0 aliphatic heterocycles. The van der Waals surface area contributed by atoms with Gasteiger partial charge in [0.15, 0.2) is 0 Å². The number of carbonyl (C=O) groups is 1. The van der Waals surface area contributed by atoms with Gasteiger partial charge in [0, 0.05) is 0 Å². The van der Waals surface area contributed by atoms with Gasteiger partial charge in [0.2, 0.25) is 0 Å². The first-order valence-electron chi connectivity index (χ1n) is 5.57. The normalized spacial score (nSPS) is 11.7. The number of benzene rings is 1. The maximum absolute atomic E-state index is 12.9. The highest BCUT2D eigenvalue weighted by molar-refractivity contribution is 5.94. The maximum Gasteiger partial charge on any atom is 0.573 e. The van der Waals surface area contributed by atoms with Crippen molar-refractivity contribution in [3.05, 3.63) is 28.8 Å². The average Bonchev–Trinajstić information content (AvgIpc) is 2.34. The number of halogens is 6. The number of nitriles is 1. The molecule has 0 saturated carbocycles. The smallest absolute Gasteiger partial charge is 0.462 e. The third kappa shape index (κ3) is 4.28. The van der Waals surface area contributed by atoms with Gasteiger partial charge < -0.3 is 9.47 Å². The van der Waals surface area contributed by atoms with E-state index in [0.717, 1.165) is 0 Å². The third-order valence-corrected chi connectivity index (χ3v) is 2.24. The van der Waals surface area contributed by atoms with Gasteiger partial charge in [-0.05, 0) is 19.1 Å². The van der Waals surface area contributed by atoms with E-state index in [1.807, 2.05) is 0 Å². The van der Waals surface area contributed by atoms with E-state index in [1.165, 1.54) is 13.0 Å². The zero-order valence-corrected chi connectivity index (χ0v) is 10.8. The van der Waals surface area contributed by atoms with Gasteiger partial charge in [0.05, 0.1) is 23.8 Å². The Morgan fingerprint density at radius 2 is 1.82 bits per heavy atom. The molecule has 1 aromatic carbocycles. The first kappa shape index (κ1) is 17.6. The molecule has 10 heteroatoms. The van der Waals surface area contributed by atoms with Gasteiger partial charge in [-0.2, -0.15) is 18.4 Å². The van der Waals surface area contributed by atoms with E-state index in [2.05, 4.69) is 9.47 Å². The lowest BCUT2D eigenvalue weighted by Gasteiger charge is -2.17. The molecule has 1 rings (SSSR count). The molecule has 0 amide bonds. The molecule has 22 heavy (non-hydrogen) atoms. The highest BCUT2D eigenvalue weighted by Gasteiger charge is 2.41. The average molecular weight is 327 g/mol. The molecule has 0 fully saturated rings. The molecule has 120 valence electrons. The minimum Gasteiger partial charge on any atom is -0.462 e. The molecule has 0 spiro atoms. The number of alkyl halides is 6. The summed E-state index contributed by atoms with van der Waals surface area (Å²) in [7, 11) is 0. The molecule has 0 atom stereocenters. The molecule has 0 bridgehead atoms. The maximum atomic E-state index is 12.9. The van der Waals surface area contributed by atoms with Crippen molar-refractivity contribution in [1.29, 1.82) is 5.26 Å². The van der Waals surface area contributed by atoms with E-state index in [1.54, 1.807) is 0 Å². The Hall–Kier alpha value is -2.44. The van der Waals surface area contributed by atoms with Crippen LogP contribution < -0.4 is 4.74 Å². The summed E-state index contributed by atoms with van der Waals surface area (Å²) >= 11 is 0. The Morgan fingerprint density at radius 3 is 2.23 bits per heavy atom. The van der Waals surface area contributed by atoms with Crippen molar-refractivity contribution in [2.24, 2.45) is 0 Å². The predicted octanol–water partition coefficient (Wildman–Crippen LogP) is 3.65. The molecule has 0 N–H and O–H groups in total. The standard InChI is InChI=1S/C12H7F6NO3/c1-2-21-10(20)9-7(11(13,14)15)3-6(5-19)4-8(9)22-12(16,17)18/h3-4H,2H2,1H3. The number of hydrogen-bond acceptors (Lipinski definition) is 4. The molecular weight excluding hydrogens is 320 g/mol. The minimum absolute atomic E-state index is 0.246. The van der Waals surface area contributed by atoms with Crippen LogP contribution in [0.15, 0.2) is 12.1 Å². The van der Waals surface area contributed by atoms with Crippen molar-refractivity contribution in [2.75, 3.05) is 6.61 Å². The van der Waals surface area contributed by atoms with Crippen LogP contribution in [0, 0.1) is 11.3 Å². The molecule has 1 aromatic rings. The van der Waals surface area contributed by atoms with Gasteiger partial charge >= 0.3 is 18.5 Å². The van der Waals surface area contributed by atoms with Crippen molar-refractivity contribution in [3.8, 4) is 11.8 Å². The molecule has 0 saturated heterocycles. The second kappa shape index (κ2) is 6.13. The van der Waals surface area contributed by atoms with E-state index in [0.29, 0.717) is 6.07 Å². The van der Waals surface area contributed by atoms with Crippen molar-refractivity contribution in [2.45, 2.75) is 19.5 Å². The topological polar surface area (TPSA) is 59.3 Å². The summed E-state index contributed by atoms with van der Waals surface area (Å²) in [6.07, 6.45) is -10.5. The molecule has 0 radical (unpaired) electrons. The largest absolute Gasteiger partial charge is 0.573 e. The SMILES string of the molecule is CCOC(=O)c1c(OC(F)(F)F)cc(C#N)cc1C(F)(F)F. The first-order chi connectivity index (χ1) is 9.99. The summed E-state index contributed by atoms with van der Waals surface area (Å²) in [5.74, 6) is -3.09. The molecule has 4 nitrogen and oxygen atoms in total. The summed E-state index contributed by atoms with van der Waals surface area (Å²) in [4.78, 5) is 11.6. The number of esters is 1. The van der Waals surface area contributed by atoms with E-state index in [4.69, 9.17) is 5.26 Å². The van der Waals surface area contributed by atoms with E-state index in [-0.39, 0.29) is 12.7 Å². The van der Waals surface area contributed by atoms with Crippen LogP contribution in [-0.2, 0) is 10.9 Å². The monoisotopic (exact) mass is 327 g/mol. The Labute approximate surface area is 119 Å². The summed E-state index contributed by atoms with van der Waals surface area (Å²) in [5.41, 5.74) is -3.94. The fourth-order valence-electron chi connectivity index (χ4n) is 1.52. The molecule has 0 aliphatic rings. The van der Waals surface area contributed by atoms with E-state index < -0.39 is 40.9 Å². The van der Waals surface area contributed by atoms with Gasteiger partial charge in [0.1, 0.15) is 11.3 Å². The number of ether oxygens (including phenoxy) is 2. The zero-order chi connectivity index (χ0) is 17.1. The predicted molar refractivity (Wildman–Crippen MR) is 58.8 cm³/mol. The summed E-state index contributed by atoms with van der Waals surface area (Å²) in [6.45, 7) is 0.903. The lowest BCUT2D eigenvalue weighted by molar-refractivity contribution is -0.274. The number of nitrogens with zero attached hydrogens (tertiary/aromatic N) is 1. The number of hydrogen-bond donors (Lipinski definition) is 0. The second-order valence-corrected chi connectivity index (χ2v) is 3.77. The molecule has 0 heterocycles. The van der Waals surface area contributed by atoms with E-state index in [9.17, 15) is 31.1 Å². The molecule has 0 unspecified atom stereocenters. The van der Waals surface area contributed by atoms with Crippen LogP contribution in [0.3, 0.4) is 0 Å². The first-order valence-corrected chi connectivity index (χ1v) is 5.57. The van der Waals surface area contributed by atoms with Crippen molar-refractivity contribution >= 4 is 5.97 Å². The van der Waals surface area contributed by atoms with Gasteiger partial charge in [-0.25, -0.2) is 4.79 Å². The third-order valence-electron chi connectivity index (χ3n) is 2.24. The summed E-state index contributed by atoms with van der Waals surface area (Å²) < 4.78 is 83.4. The van der Waals surface area contributed by atoms with Gasteiger partial charge in [-0.1, -0.05) is 0 Å². The Kier molecular flexibility index (Phi) is 4.91. The van der Waals surface area contributed by atoms with Crippen molar-refractivity contribution in [1.82, 2.24) is 0 Å². The molecular formula is C12H7F6NO3. The highest BCUT2D eigenvalue weighted by Crippen LogP contribution is 2.39. The summed E-state index contributed by atoms with van der Waals surface area (Å²) in [5, 5.41) is 8.61. The second-order valence-electron chi connectivity index (χ2n) is 3.77. The Bertz CT molecular complexity index is 615. The van der Waals surface area contributed by atoms with Gasteiger partial charge in [-0.3, -0.25) is 0 Å². The molecule has 0 aromatic heterocycles. The van der Waals surface area contributed by atoms with Crippen LogP contribution >= 0.6 is 0 Å². The number of carbonyl (C=O) groups excluding carboxylic acids is 1. The van der Waals surface area contributed by atoms with Crippen molar-refractivity contribution in [3.63, 3.8) is 0 Å². The van der Waals surface area contributed by atoms with Gasteiger partial charge in [-0.15, -0.1) is 13.2 Å². The lowest BCUT2D eigenvalue weighted by Crippen LogP contribution is -2.22. The van der Waals surface area contributed by atoms with Crippen LogP contribution in [0.25, 0.3) is 0 Å². The fraction of sp³-hybridized carbons (Fsp3) is 0.333. The van der Waals surface area contributed by atoms with Crippen molar-refractivity contribution < 1.29 is 40.6 Å². The fourth-order valence-corrected chi connectivity index (χ4v) is 1.52. The van der Waals surface area contributed by atoms with Crippen LogP contribution in [0.4, 0.5) is 26.3 Å². The molecule has 0 aliphatic carbocycles. The quantitative estimate of drug-likeness (QED) is 0.628. The highest BCUT2D eigenvalue weighted by atomic mass is 19.4. The summed E-state index contributed by atoms with van der Waals surface area (Å²) in [6, 6.07) is 1.89. The van der Waals surface area contributed by atoms with Crippen LogP contribution in [-0.4, -0.2) is 18.9 Å². The van der Waals surface area contributed by atoms with E-state index >= 15 is 0 Å². The van der Waals surface area contributed by atoms with Crippen LogP contribution in [0.2, 0.25) is 0 Å². The minimum atomic E-state index is -5.35. The Morgan fingerprint density at radius 1 is 1.23 bits per heavy atom.